The molecule has 9 heteroatoms. The maximum atomic E-state index is 13.2. The fourth-order valence-electron chi connectivity index (χ4n) is 3.11. The van der Waals surface area contributed by atoms with Crippen molar-refractivity contribution in [2.24, 2.45) is 18.5 Å². The molecule has 0 aliphatic carbocycles. The quantitative estimate of drug-likeness (QED) is 0.624. The summed E-state index contributed by atoms with van der Waals surface area (Å²) in [7, 11) is 1.74. The molecular formula is C18H17Cl2FN4OS. The maximum Gasteiger partial charge on any atom is 0.259 e. The van der Waals surface area contributed by atoms with Crippen molar-refractivity contribution in [1.82, 2.24) is 9.78 Å². The summed E-state index contributed by atoms with van der Waals surface area (Å²) >= 11 is 13.9. The standard InChI is InChI=1S/C18H17Cl2FN4OS/c1-25-15(12(19)8-24-25)14-13(16(18(23)26)27-17(14)20)10(7-22)6-9-2-4-11(21)5-3-9/h2-5,8,10H,6-7,22H2,1H3,(H2,23,26)/t10-/m1/s1. The maximum absolute atomic E-state index is 13.2. The van der Waals surface area contributed by atoms with Crippen molar-refractivity contribution in [2.45, 2.75) is 12.3 Å². The second kappa shape index (κ2) is 7.98. The molecule has 2 aromatic heterocycles. The van der Waals surface area contributed by atoms with Crippen LogP contribution in [0.2, 0.25) is 9.36 Å². The molecule has 0 aliphatic heterocycles. The molecule has 1 aromatic carbocycles. The Morgan fingerprint density at radius 2 is 2.00 bits per heavy atom. The van der Waals surface area contributed by atoms with E-state index in [-0.39, 0.29) is 18.3 Å². The summed E-state index contributed by atoms with van der Waals surface area (Å²) < 4.78 is 15.2. The lowest BCUT2D eigenvalue weighted by Crippen LogP contribution is -2.20. The molecule has 0 bridgehead atoms. The number of aryl methyl sites for hydroxylation is 1. The third kappa shape index (κ3) is 3.87. The average molecular weight is 427 g/mol. The molecule has 0 spiro atoms. The van der Waals surface area contributed by atoms with Gasteiger partial charge in [-0.1, -0.05) is 35.3 Å². The first-order valence-corrected chi connectivity index (χ1v) is 9.65. The van der Waals surface area contributed by atoms with Crippen molar-refractivity contribution in [3.8, 4) is 11.3 Å². The first-order valence-electron chi connectivity index (χ1n) is 8.07. The van der Waals surface area contributed by atoms with Gasteiger partial charge in [0.15, 0.2) is 0 Å². The molecule has 0 aliphatic rings. The number of benzene rings is 1. The molecule has 0 fully saturated rings. The summed E-state index contributed by atoms with van der Waals surface area (Å²) in [5.74, 6) is -1.16. The van der Waals surface area contributed by atoms with Crippen LogP contribution in [0.3, 0.4) is 0 Å². The molecule has 0 unspecified atom stereocenters. The summed E-state index contributed by atoms with van der Waals surface area (Å²) in [6, 6.07) is 6.15. The van der Waals surface area contributed by atoms with E-state index in [4.69, 9.17) is 34.7 Å². The fourth-order valence-corrected chi connectivity index (χ4v) is 4.76. The van der Waals surface area contributed by atoms with E-state index >= 15 is 0 Å². The highest BCUT2D eigenvalue weighted by atomic mass is 35.5. The molecular weight excluding hydrogens is 410 g/mol. The highest BCUT2D eigenvalue weighted by Gasteiger charge is 2.30. The van der Waals surface area contributed by atoms with Gasteiger partial charge < -0.3 is 11.5 Å². The van der Waals surface area contributed by atoms with Gasteiger partial charge in [0.1, 0.15) is 10.2 Å². The molecule has 0 radical (unpaired) electrons. The summed E-state index contributed by atoms with van der Waals surface area (Å²) in [6.45, 7) is 0.243. The summed E-state index contributed by atoms with van der Waals surface area (Å²) in [6.07, 6.45) is 2.00. The van der Waals surface area contributed by atoms with Gasteiger partial charge in [-0.25, -0.2) is 4.39 Å². The lowest BCUT2D eigenvalue weighted by molar-refractivity contribution is 0.100. The minimum Gasteiger partial charge on any atom is -0.365 e. The van der Waals surface area contributed by atoms with Crippen molar-refractivity contribution >= 4 is 40.4 Å². The normalized spacial score (nSPS) is 12.3. The number of nitrogens with two attached hydrogens (primary N) is 2. The minimum atomic E-state index is -0.584. The Hall–Kier alpha value is -1.93. The third-order valence-electron chi connectivity index (χ3n) is 4.35. The van der Waals surface area contributed by atoms with Crippen LogP contribution in [0.5, 0.6) is 0 Å². The predicted octanol–water partition coefficient (Wildman–Crippen LogP) is 3.98. The van der Waals surface area contributed by atoms with E-state index in [1.165, 1.54) is 18.3 Å². The molecule has 3 aromatic rings. The van der Waals surface area contributed by atoms with Crippen LogP contribution in [0.1, 0.15) is 26.7 Å². The monoisotopic (exact) mass is 426 g/mol. The number of hydrogen-bond acceptors (Lipinski definition) is 4. The Bertz CT molecular complexity index is 965. The van der Waals surface area contributed by atoms with Crippen molar-refractivity contribution in [1.29, 1.82) is 0 Å². The topological polar surface area (TPSA) is 86.9 Å². The Morgan fingerprint density at radius 1 is 1.33 bits per heavy atom. The highest BCUT2D eigenvalue weighted by Crippen LogP contribution is 2.46. The highest BCUT2D eigenvalue weighted by molar-refractivity contribution is 7.18. The van der Waals surface area contributed by atoms with Crippen LogP contribution in [0.15, 0.2) is 30.5 Å². The van der Waals surface area contributed by atoms with Gasteiger partial charge in [0, 0.05) is 18.5 Å². The Labute approximate surface area is 169 Å². The molecule has 1 atom stereocenters. The summed E-state index contributed by atoms with van der Waals surface area (Å²) in [5.41, 5.74) is 14.4. The van der Waals surface area contributed by atoms with Crippen LogP contribution >= 0.6 is 34.5 Å². The number of halogens is 3. The first-order chi connectivity index (χ1) is 12.8. The zero-order valence-corrected chi connectivity index (χ0v) is 16.7. The van der Waals surface area contributed by atoms with E-state index in [0.717, 1.165) is 16.9 Å². The van der Waals surface area contributed by atoms with Gasteiger partial charge in [-0.2, -0.15) is 5.10 Å². The minimum absolute atomic E-state index is 0.243. The van der Waals surface area contributed by atoms with Crippen LogP contribution in [-0.4, -0.2) is 22.2 Å². The van der Waals surface area contributed by atoms with E-state index in [1.807, 2.05) is 0 Å². The zero-order valence-electron chi connectivity index (χ0n) is 14.4. The van der Waals surface area contributed by atoms with Crippen molar-refractivity contribution < 1.29 is 9.18 Å². The lowest BCUT2D eigenvalue weighted by Gasteiger charge is -2.18. The SMILES string of the molecule is Cn1ncc(Cl)c1-c1c(Cl)sc(C(N)=O)c1[C@@H](CN)Cc1ccc(F)cc1. The molecule has 0 saturated carbocycles. The Balaban J connectivity index is 2.16. The van der Waals surface area contributed by atoms with Crippen molar-refractivity contribution in [2.75, 3.05) is 6.54 Å². The largest absolute Gasteiger partial charge is 0.365 e. The number of carbonyl (C=O) groups excluding carboxylic acids is 1. The van der Waals surface area contributed by atoms with Gasteiger partial charge in [-0.15, -0.1) is 11.3 Å². The first kappa shape index (κ1) is 19.8. The molecule has 27 heavy (non-hydrogen) atoms. The van der Waals surface area contributed by atoms with E-state index in [2.05, 4.69) is 5.10 Å². The van der Waals surface area contributed by atoms with Gasteiger partial charge in [-0.3, -0.25) is 9.48 Å². The van der Waals surface area contributed by atoms with E-state index < -0.39 is 5.91 Å². The second-order valence-electron chi connectivity index (χ2n) is 6.09. The van der Waals surface area contributed by atoms with Crippen LogP contribution in [0.25, 0.3) is 11.3 Å². The molecule has 3 rings (SSSR count). The number of hydrogen-bond donors (Lipinski definition) is 2. The molecule has 4 N–H and O–H groups in total. The molecule has 142 valence electrons. The molecule has 5 nitrogen and oxygen atoms in total. The van der Waals surface area contributed by atoms with Gasteiger partial charge >= 0.3 is 0 Å². The second-order valence-corrected chi connectivity index (χ2v) is 8.12. The molecule has 2 heterocycles. The van der Waals surface area contributed by atoms with Crippen LogP contribution in [-0.2, 0) is 13.5 Å². The number of amides is 1. The van der Waals surface area contributed by atoms with E-state index in [0.29, 0.717) is 37.5 Å². The average Bonchev–Trinajstić information content (AvgIpc) is 3.13. The van der Waals surface area contributed by atoms with Crippen LogP contribution < -0.4 is 11.5 Å². The number of carbonyl (C=O) groups is 1. The zero-order chi connectivity index (χ0) is 19.7. The number of thiophene rings is 1. The Morgan fingerprint density at radius 3 is 2.52 bits per heavy atom. The third-order valence-corrected chi connectivity index (χ3v) is 6.05. The van der Waals surface area contributed by atoms with Gasteiger partial charge in [0.2, 0.25) is 0 Å². The van der Waals surface area contributed by atoms with Gasteiger partial charge in [-0.05, 0) is 36.2 Å². The van der Waals surface area contributed by atoms with Crippen molar-refractivity contribution in [3.05, 3.63) is 61.6 Å². The number of aromatic nitrogens is 2. The van der Waals surface area contributed by atoms with Gasteiger partial charge in [0.05, 0.1) is 21.8 Å². The predicted molar refractivity (Wildman–Crippen MR) is 107 cm³/mol. The van der Waals surface area contributed by atoms with Crippen LogP contribution in [0, 0.1) is 5.82 Å². The molecule has 0 saturated heterocycles. The van der Waals surface area contributed by atoms with E-state index in [1.54, 1.807) is 23.9 Å². The van der Waals surface area contributed by atoms with Crippen molar-refractivity contribution in [3.63, 3.8) is 0 Å². The smallest absolute Gasteiger partial charge is 0.259 e. The molecule has 1 amide bonds. The van der Waals surface area contributed by atoms with Crippen LogP contribution in [0.4, 0.5) is 4.39 Å². The van der Waals surface area contributed by atoms with E-state index in [9.17, 15) is 9.18 Å². The van der Waals surface area contributed by atoms with Gasteiger partial charge in [0.25, 0.3) is 5.91 Å². The summed E-state index contributed by atoms with van der Waals surface area (Å²) in [5, 5.41) is 4.56. The summed E-state index contributed by atoms with van der Waals surface area (Å²) in [4.78, 5) is 12.4. The fraction of sp³-hybridized carbons (Fsp3) is 0.222. The Kier molecular flexibility index (Phi) is 5.86. The number of primary amides is 1. The number of rotatable bonds is 6. The lowest BCUT2D eigenvalue weighted by atomic mass is 9.88. The number of nitrogens with zero attached hydrogens (tertiary/aromatic N) is 2.